The van der Waals surface area contributed by atoms with Gasteiger partial charge >= 0.3 is 5.97 Å². The van der Waals surface area contributed by atoms with Gasteiger partial charge in [-0.15, -0.1) is 0 Å². The van der Waals surface area contributed by atoms with Gasteiger partial charge in [0.1, 0.15) is 0 Å². The second kappa shape index (κ2) is 5.24. The highest BCUT2D eigenvalue weighted by Crippen LogP contribution is 2.14. The summed E-state index contributed by atoms with van der Waals surface area (Å²) in [5.74, 6) is -1.03. The van der Waals surface area contributed by atoms with Crippen LogP contribution < -0.4 is 0 Å². The van der Waals surface area contributed by atoms with Crippen LogP contribution in [0.2, 0.25) is 5.02 Å². The highest BCUT2D eigenvalue weighted by Gasteiger charge is 2.17. The van der Waals surface area contributed by atoms with Crippen LogP contribution >= 0.6 is 11.6 Å². The number of halogens is 1. The van der Waals surface area contributed by atoms with Gasteiger partial charge in [0.15, 0.2) is 5.82 Å². The molecule has 0 fully saturated rings. The van der Waals surface area contributed by atoms with E-state index < -0.39 is 5.97 Å². The van der Waals surface area contributed by atoms with Crippen LogP contribution in [0.1, 0.15) is 21.9 Å². The molecule has 0 aliphatic heterocycles. The molecular weight excluding hydrogens is 268 g/mol. The van der Waals surface area contributed by atoms with Crippen LogP contribution in [0.4, 0.5) is 0 Å². The number of hydrogen-bond donors (Lipinski definition) is 1. The SMILES string of the molecule is Cn1c(CC(=O)O)cnc1C(=O)c1ccc(Cl)cc1. The fraction of sp³-hybridized carbons (Fsp3) is 0.154. The van der Waals surface area contributed by atoms with Crippen LogP contribution in [0.25, 0.3) is 0 Å². The Morgan fingerprint density at radius 1 is 1.32 bits per heavy atom. The third-order valence-corrected chi connectivity index (χ3v) is 2.98. The summed E-state index contributed by atoms with van der Waals surface area (Å²) in [5.41, 5.74) is 0.935. The van der Waals surface area contributed by atoms with Gasteiger partial charge in [0.2, 0.25) is 5.78 Å². The van der Waals surface area contributed by atoms with Gasteiger partial charge in [0.05, 0.1) is 6.42 Å². The molecule has 0 radical (unpaired) electrons. The Morgan fingerprint density at radius 3 is 2.53 bits per heavy atom. The van der Waals surface area contributed by atoms with Gasteiger partial charge in [-0.3, -0.25) is 9.59 Å². The lowest BCUT2D eigenvalue weighted by Crippen LogP contribution is -2.12. The number of carbonyl (C=O) groups is 2. The summed E-state index contributed by atoms with van der Waals surface area (Å²) in [6, 6.07) is 6.46. The summed E-state index contributed by atoms with van der Waals surface area (Å²) < 4.78 is 1.49. The second-order valence-corrected chi connectivity index (χ2v) is 4.48. The standard InChI is InChI=1S/C13H11ClN2O3/c1-16-10(6-11(17)18)7-15-13(16)12(19)8-2-4-9(14)5-3-8/h2-5,7H,6H2,1H3,(H,17,18). The Balaban J connectivity index is 2.32. The van der Waals surface area contributed by atoms with Gasteiger partial charge in [-0.2, -0.15) is 0 Å². The zero-order valence-corrected chi connectivity index (χ0v) is 10.9. The lowest BCUT2D eigenvalue weighted by Gasteiger charge is -2.04. The first kappa shape index (κ1) is 13.3. The van der Waals surface area contributed by atoms with Gasteiger partial charge in [0, 0.05) is 29.5 Å². The van der Waals surface area contributed by atoms with Crippen molar-refractivity contribution < 1.29 is 14.7 Å². The average Bonchev–Trinajstić information content (AvgIpc) is 2.70. The van der Waals surface area contributed by atoms with Crippen molar-refractivity contribution in [3.8, 4) is 0 Å². The molecule has 0 amide bonds. The predicted molar refractivity (Wildman–Crippen MR) is 69.4 cm³/mol. The molecule has 2 aromatic rings. The average molecular weight is 279 g/mol. The molecule has 5 nitrogen and oxygen atoms in total. The monoisotopic (exact) mass is 278 g/mol. The molecule has 0 aliphatic rings. The quantitative estimate of drug-likeness (QED) is 0.868. The highest BCUT2D eigenvalue weighted by molar-refractivity contribution is 6.30. The van der Waals surface area contributed by atoms with Crippen molar-refractivity contribution in [3.63, 3.8) is 0 Å². The minimum absolute atomic E-state index is 0.169. The summed E-state index contributed by atoms with van der Waals surface area (Å²) in [7, 11) is 1.62. The maximum absolute atomic E-state index is 12.2. The fourth-order valence-electron chi connectivity index (χ4n) is 1.71. The van der Waals surface area contributed by atoms with Crippen molar-refractivity contribution in [2.75, 3.05) is 0 Å². The van der Waals surface area contributed by atoms with E-state index in [2.05, 4.69) is 4.98 Å². The third kappa shape index (κ3) is 2.82. The summed E-state index contributed by atoms with van der Waals surface area (Å²) in [6.45, 7) is 0. The maximum atomic E-state index is 12.2. The first-order chi connectivity index (χ1) is 8.99. The van der Waals surface area contributed by atoms with Crippen molar-refractivity contribution >= 4 is 23.4 Å². The second-order valence-electron chi connectivity index (χ2n) is 4.04. The molecule has 19 heavy (non-hydrogen) atoms. The van der Waals surface area contributed by atoms with Crippen molar-refractivity contribution in [1.29, 1.82) is 0 Å². The van der Waals surface area contributed by atoms with Gasteiger partial charge in [-0.1, -0.05) is 11.6 Å². The highest BCUT2D eigenvalue weighted by atomic mass is 35.5. The van der Waals surface area contributed by atoms with E-state index in [0.717, 1.165) is 0 Å². The molecular formula is C13H11ClN2O3. The van der Waals surface area contributed by atoms with E-state index in [4.69, 9.17) is 16.7 Å². The number of rotatable bonds is 4. The van der Waals surface area contributed by atoms with Crippen molar-refractivity contribution in [2.45, 2.75) is 6.42 Å². The molecule has 0 aliphatic carbocycles. The number of aliphatic carboxylic acids is 1. The zero-order valence-electron chi connectivity index (χ0n) is 10.1. The van der Waals surface area contributed by atoms with Crippen LogP contribution in [0.3, 0.4) is 0 Å². The molecule has 0 bridgehead atoms. The number of ketones is 1. The predicted octanol–water partition coefficient (Wildman–Crippen LogP) is 1.93. The number of benzene rings is 1. The Hall–Kier alpha value is -2.14. The van der Waals surface area contributed by atoms with Gasteiger partial charge in [-0.25, -0.2) is 4.98 Å². The number of aromatic nitrogens is 2. The maximum Gasteiger partial charge on any atom is 0.309 e. The van der Waals surface area contributed by atoms with Gasteiger partial charge < -0.3 is 9.67 Å². The number of hydrogen-bond acceptors (Lipinski definition) is 3. The Labute approximate surface area is 114 Å². The summed E-state index contributed by atoms with van der Waals surface area (Å²) >= 11 is 5.76. The minimum atomic E-state index is -0.964. The van der Waals surface area contributed by atoms with Crippen LogP contribution in [0, 0.1) is 0 Å². The molecule has 0 spiro atoms. The molecule has 1 heterocycles. The summed E-state index contributed by atoms with van der Waals surface area (Å²) in [6.07, 6.45) is 1.23. The lowest BCUT2D eigenvalue weighted by atomic mass is 10.1. The number of imidazole rings is 1. The largest absolute Gasteiger partial charge is 0.481 e. The number of carbonyl (C=O) groups excluding carboxylic acids is 1. The number of nitrogens with zero attached hydrogens (tertiary/aromatic N) is 2. The third-order valence-electron chi connectivity index (χ3n) is 2.73. The molecule has 0 saturated carbocycles. The van der Waals surface area contributed by atoms with Crippen LogP contribution in [0.5, 0.6) is 0 Å². The van der Waals surface area contributed by atoms with E-state index in [9.17, 15) is 9.59 Å². The molecule has 0 saturated heterocycles. The molecule has 1 N–H and O–H groups in total. The summed E-state index contributed by atoms with van der Waals surface area (Å²) in [4.78, 5) is 26.9. The van der Waals surface area contributed by atoms with Gasteiger partial charge in [0.25, 0.3) is 0 Å². The molecule has 1 aromatic carbocycles. The van der Waals surface area contributed by atoms with Crippen molar-refractivity contribution in [3.05, 3.63) is 52.6 Å². The Bertz CT molecular complexity index is 632. The van der Waals surface area contributed by atoms with E-state index in [-0.39, 0.29) is 18.0 Å². The van der Waals surface area contributed by atoms with E-state index >= 15 is 0 Å². The first-order valence-electron chi connectivity index (χ1n) is 5.51. The van der Waals surface area contributed by atoms with Crippen LogP contribution in [0.15, 0.2) is 30.5 Å². The fourth-order valence-corrected chi connectivity index (χ4v) is 1.83. The van der Waals surface area contributed by atoms with Crippen LogP contribution in [-0.2, 0) is 18.3 Å². The number of carboxylic acid groups (broad SMARTS) is 1. The van der Waals surface area contributed by atoms with E-state index in [1.165, 1.54) is 10.8 Å². The molecule has 2 rings (SSSR count). The van der Waals surface area contributed by atoms with E-state index in [1.807, 2.05) is 0 Å². The van der Waals surface area contributed by atoms with Crippen molar-refractivity contribution in [2.24, 2.45) is 7.05 Å². The topological polar surface area (TPSA) is 72.2 Å². The Kier molecular flexibility index (Phi) is 3.66. The first-order valence-corrected chi connectivity index (χ1v) is 5.89. The molecule has 0 atom stereocenters. The van der Waals surface area contributed by atoms with Crippen LogP contribution in [-0.4, -0.2) is 26.4 Å². The molecule has 98 valence electrons. The lowest BCUT2D eigenvalue weighted by molar-refractivity contribution is -0.136. The van der Waals surface area contributed by atoms with Gasteiger partial charge in [-0.05, 0) is 24.3 Å². The van der Waals surface area contributed by atoms with Crippen molar-refractivity contribution in [1.82, 2.24) is 9.55 Å². The molecule has 0 unspecified atom stereocenters. The summed E-state index contributed by atoms with van der Waals surface area (Å²) in [5, 5.41) is 9.29. The Morgan fingerprint density at radius 2 is 1.95 bits per heavy atom. The molecule has 1 aromatic heterocycles. The van der Waals surface area contributed by atoms with E-state index in [1.54, 1.807) is 31.3 Å². The molecule has 6 heteroatoms. The van der Waals surface area contributed by atoms with E-state index in [0.29, 0.717) is 16.3 Å². The normalized spacial score (nSPS) is 10.4. The smallest absolute Gasteiger partial charge is 0.309 e. The number of carboxylic acids is 1. The minimum Gasteiger partial charge on any atom is -0.481 e. The zero-order chi connectivity index (χ0) is 14.0.